The molecule has 3 heteroatoms. The molecule has 0 amide bonds. The lowest BCUT2D eigenvalue weighted by molar-refractivity contribution is 0.176. The van der Waals surface area contributed by atoms with Crippen LogP contribution in [0.3, 0.4) is 0 Å². The van der Waals surface area contributed by atoms with Gasteiger partial charge in [0.2, 0.25) is 0 Å². The van der Waals surface area contributed by atoms with Gasteiger partial charge in [-0.1, -0.05) is 36.4 Å². The van der Waals surface area contributed by atoms with Crippen molar-refractivity contribution in [2.45, 2.75) is 0 Å². The third kappa shape index (κ3) is 1.57. The molecular weight excluding hydrogens is 183 g/mol. The van der Waals surface area contributed by atoms with Gasteiger partial charge >= 0.3 is 6.22 Å². The van der Waals surface area contributed by atoms with Gasteiger partial charge in [0.05, 0.1) is 0 Å². The largest absolute Gasteiger partial charge is 0.500 e. The van der Waals surface area contributed by atoms with Crippen LogP contribution in [0.25, 0.3) is 10.8 Å². The molecule has 0 saturated carbocycles. The zero-order valence-electron chi connectivity index (χ0n) is 7.24. The molecular formula is C11H7FO2. The van der Waals surface area contributed by atoms with Gasteiger partial charge in [-0.3, -0.25) is 0 Å². The third-order valence-electron chi connectivity index (χ3n) is 1.94. The van der Waals surface area contributed by atoms with Crippen molar-refractivity contribution in [3.63, 3.8) is 0 Å². The fraction of sp³-hybridized carbons (Fsp3) is 0. The molecule has 0 bridgehead atoms. The molecule has 0 fully saturated rings. The van der Waals surface area contributed by atoms with Gasteiger partial charge in [0.1, 0.15) is 5.75 Å². The van der Waals surface area contributed by atoms with E-state index in [1.54, 1.807) is 24.3 Å². The van der Waals surface area contributed by atoms with Crippen molar-refractivity contribution in [2.24, 2.45) is 0 Å². The van der Waals surface area contributed by atoms with Crippen molar-refractivity contribution >= 4 is 17.0 Å². The van der Waals surface area contributed by atoms with Crippen molar-refractivity contribution in [1.29, 1.82) is 0 Å². The molecule has 0 aromatic heterocycles. The predicted molar refractivity (Wildman–Crippen MR) is 51.1 cm³/mol. The van der Waals surface area contributed by atoms with E-state index in [2.05, 4.69) is 4.74 Å². The van der Waals surface area contributed by atoms with E-state index in [9.17, 15) is 9.18 Å². The molecule has 0 spiro atoms. The van der Waals surface area contributed by atoms with Gasteiger partial charge in [0.15, 0.2) is 0 Å². The monoisotopic (exact) mass is 190 g/mol. The normalized spacial score (nSPS) is 10.1. The second-order valence-corrected chi connectivity index (χ2v) is 2.82. The molecule has 2 aromatic rings. The van der Waals surface area contributed by atoms with Crippen LogP contribution in [0, 0.1) is 0 Å². The standard InChI is InChI=1S/C11H7FO2/c12-11(13)14-10-7-3-5-8-4-1-2-6-9(8)10/h1-7H. The Hall–Kier alpha value is -1.90. The molecule has 0 radical (unpaired) electrons. The van der Waals surface area contributed by atoms with Gasteiger partial charge in [-0.2, -0.15) is 0 Å². The zero-order chi connectivity index (χ0) is 9.97. The summed E-state index contributed by atoms with van der Waals surface area (Å²) >= 11 is 0. The summed E-state index contributed by atoms with van der Waals surface area (Å²) in [4.78, 5) is 10.2. The summed E-state index contributed by atoms with van der Waals surface area (Å²) in [6, 6.07) is 12.4. The van der Waals surface area contributed by atoms with E-state index in [0.717, 1.165) is 10.8 Å². The Morgan fingerprint density at radius 3 is 2.57 bits per heavy atom. The number of hydrogen-bond acceptors (Lipinski definition) is 2. The minimum atomic E-state index is -1.79. The van der Waals surface area contributed by atoms with Crippen LogP contribution in [0.5, 0.6) is 5.75 Å². The van der Waals surface area contributed by atoms with Gasteiger partial charge in [0.25, 0.3) is 0 Å². The van der Waals surface area contributed by atoms with Crippen LogP contribution in [-0.4, -0.2) is 6.22 Å². The molecule has 70 valence electrons. The van der Waals surface area contributed by atoms with Gasteiger partial charge in [-0.25, -0.2) is 4.79 Å². The zero-order valence-corrected chi connectivity index (χ0v) is 7.24. The Morgan fingerprint density at radius 1 is 1.07 bits per heavy atom. The lowest BCUT2D eigenvalue weighted by Gasteiger charge is -2.03. The number of rotatable bonds is 1. The van der Waals surface area contributed by atoms with Crippen molar-refractivity contribution in [1.82, 2.24) is 0 Å². The highest BCUT2D eigenvalue weighted by Crippen LogP contribution is 2.25. The summed E-state index contributed by atoms with van der Waals surface area (Å²) < 4.78 is 16.5. The van der Waals surface area contributed by atoms with Crippen LogP contribution in [0.4, 0.5) is 9.18 Å². The van der Waals surface area contributed by atoms with Crippen LogP contribution in [0.15, 0.2) is 42.5 Å². The van der Waals surface area contributed by atoms with E-state index in [4.69, 9.17) is 0 Å². The average molecular weight is 190 g/mol. The van der Waals surface area contributed by atoms with Gasteiger partial charge in [-0.15, -0.1) is 4.39 Å². The van der Waals surface area contributed by atoms with Crippen molar-refractivity contribution < 1.29 is 13.9 Å². The lowest BCUT2D eigenvalue weighted by atomic mass is 10.1. The molecule has 0 aliphatic rings. The Bertz CT molecular complexity index is 474. The molecule has 0 aliphatic carbocycles. The Morgan fingerprint density at radius 2 is 1.79 bits per heavy atom. The highest BCUT2D eigenvalue weighted by Gasteiger charge is 2.05. The first-order valence-electron chi connectivity index (χ1n) is 4.12. The third-order valence-corrected chi connectivity index (χ3v) is 1.94. The number of benzene rings is 2. The van der Waals surface area contributed by atoms with Crippen LogP contribution in [-0.2, 0) is 0 Å². The maximum Gasteiger partial charge on any atom is 0.500 e. The summed E-state index contributed by atoms with van der Waals surface area (Å²) in [5.41, 5.74) is 0. The van der Waals surface area contributed by atoms with Gasteiger partial charge in [0, 0.05) is 5.39 Å². The second kappa shape index (κ2) is 3.46. The number of carbonyl (C=O) groups excluding carboxylic acids is 1. The summed E-state index contributed by atoms with van der Waals surface area (Å²) in [7, 11) is 0. The first kappa shape index (κ1) is 8.69. The van der Waals surface area contributed by atoms with Gasteiger partial charge < -0.3 is 4.74 Å². The average Bonchev–Trinajstić information content (AvgIpc) is 2.18. The maximum absolute atomic E-state index is 12.1. The molecule has 0 N–H and O–H groups in total. The molecule has 0 unspecified atom stereocenters. The molecule has 0 heterocycles. The van der Waals surface area contributed by atoms with Gasteiger partial charge in [-0.05, 0) is 11.5 Å². The van der Waals surface area contributed by atoms with E-state index < -0.39 is 6.22 Å². The van der Waals surface area contributed by atoms with Crippen molar-refractivity contribution in [3.8, 4) is 5.75 Å². The number of halogens is 1. The molecule has 2 rings (SSSR count). The Balaban J connectivity index is 2.59. The predicted octanol–water partition coefficient (Wildman–Crippen LogP) is 3.31. The van der Waals surface area contributed by atoms with Crippen LogP contribution in [0.2, 0.25) is 0 Å². The fourth-order valence-corrected chi connectivity index (χ4v) is 1.37. The minimum Gasteiger partial charge on any atom is -0.400 e. The number of ether oxygens (including phenoxy) is 1. The van der Waals surface area contributed by atoms with Crippen LogP contribution >= 0.6 is 0 Å². The molecule has 2 aromatic carbocycles. The summed E-state index contributed by atoms with van der Waals surface area (Å²) in [6.45, 7) is 0. The molecule has 0 saturated heterocycles. The van der Waals surface area contributed by atoms with E-state index in [-0.39, 0.29) is 5.75 Å². The van der Waals surface area contributed by atoms with Crippen molar-refractivity contribution in [2.75, 3.05) is 0 Å². The summed E-state index contributed by atoms with van der Waals surface area (Å²) in [6.07, 6.45) is -1.79. The second-order valence-electron chi connectivity index (χ2n) is 2.82. The molecule has 0 aliphatic heterocycles. The van der Waals surface area contributed by atoms with Crippen molar-refractivity contribution in [3.05, 3.63) is 42.5 Å². The van der Waals surface area contributed by atoms with Crippen LogP contribution in [0.1, 0.15) is 0 Å². The van der Waals surface area contributed by atoms with E-state index >= 15 is 0 Å². The first-order chi connectivity index (χ1) is 6.77. The highest BCUT2D eigenvalue weighted by molar-refractivity contribution is 5.89. The highest BCUT2D eigenvalue weighted by atomic mass is 19.1. The van der Waals surface area contributed by atoms with E-state index in [0.29, 0.717) is 0 Å². The molecule has 0 atom stereocenters. The topological polar surface area (TPSA) is 26.3 Å². The Labute approximate surface area is 79.9 Å². The molecule has 14 heavy (non-hydrogen) atoms. The first-order valence-corrected chi connectivity index (χ1v) is 4.12. The van der Waals surface area contributed by atoms with Crippen LogP contribution < -0.4 is 4.74 Å². The number of carbonyl (C=O) groups is 1. The minimum absolute atomic E-state index is 0.246. The van der Waals surface area contributed by atoms with E-state index in [1.807, 2.05) is 18.2 Å². The van der Waals surface area contributed by atoms with E-state index in [1.165, 1.54) is 0 Å². The quantitative estimate of drug-likeness (QED) is 0.645. The SMILES string of the molecule is O=C(F)Oc1cccc2ccccc12. The lowest BCUT2D eigenvalue weighted by Crippen LogP contribution is -1.97. The smallest absolute Gasteiger partial charge is 0.400 e. The molecule has 2 nitrogen and oxygen atoms in total. The summed E-state index contributed by atoms with van der Waals surface area (Å²) in [5, 5.41) is 1.63. The maximum atomic E-state index is 12.1. The fourth-order valence-electron chi connectivity index (χ4n) is 1.37. The number of fused-ring (bicyclic) bond motifs is 1. The summed E-state index contributed by atoms with van der Waals surface area (Å²) in [5.74, 6) is 0.246. The number of hydrogen-bond donors (Lipinski definition) is 0. The Kier molecular flexibility index (Phi) is 2.14.